The highest BCUT2D eigenvalue weighted by Gasteiger charge is 2.30. The lowest BCUT2D eigenvalue weighted by molar-refractivity contribution is -0.139. The van der Waals surface area contributed by atoms with Gasteiger partial charge in [-0.1, -0.05) is 0 Å². The van der Waals surface area contributed by atoms with Gasteiger partial charge in [-0.15, -0.1) is 0 Å². The summed E-state index contributed by atoms with van der Waals surface area (Å²) >= 11 is 0. The topological polar surface area (TPSA) is 104 Å². The smallest absolute Gasteiger partial charge is 0.225 e. The summed E-state index contributed by atoms with van der Waals surface area (Å²) < 4.78 is 0. The Kier molecular flexibility index (Phi) is 6.07. The molecule has 2 amide bonds. The van der Waals surface area contributed by atoms with Crippen molar-refractivity contribution >= 4 is 11.8 Å². The van der Waals surface area contributed by atoms with E-state index in [2.05, 4.69) is 0 Å². The van der Waals surface area contributed by atoms with Gasteiger partial charge < -0.3 is 20.8 Å². The Morgan fingerprint density at radius 3 is 1.83 bits per heavy atom. The summed E-state index contributed by atoms with van der Waals surface area (Å²) in [4.78, 5) is 24.7. The van der Waals surface area contributed by atoms with Crippen molar-refractivity contribution in [3.05, 3.63) is 0 Å². The second-order valence-corrected chi connectivity index (χ2v) is 4.72. The van der Waals surface area contributed by atoms with Crippen LogP contribution < -0.4 is 5.73 Å². The fraction of sp³-hybridized carbons (Fsp3) is 0.833. The zero-order valence-corrected chi connectivity index (χ0v) is 10.5. The molecule has 0 bridgehead atoms. The Morgan fingerprint density at radius 1 is 1.00 bits per heavy atom. The monoisotopic (exact) mass is 258 g/mol. The van der Waals surface area contributed by atoms with Crippen LogP contribution in [0.2, 0.25) is 0 Å². The molecule has 0 aliphatic heterocycles. The second kappa shape index (κ2) is 7.33. The summed E-state index contributed by atoms with van der Waals surface area (Å²) in [6, 6.07) is 0. The lowest BCUT2D eigenvalue weighted by atomic mass is 9.81. The van der Waals surface area contributed by atoms with Gasteiger partial charge in [0.2, 0.25) is 11.8 Å². The van der Waals surface area contributed by atoms with Crippen molar-refractivity contribution in [1.82, 2.24) is 4.90 Å². The van der Waals surface area contributed by atoms with E-state index >= 15 is 0 Å². The normalized spacial score (nSPS) is 23.7. The van der Waals surface area contributed by atoms with Gasteiger partial charge in [-0.2, -0.15) is 0 Å². The van der Waals surface area contributed by atoms with E-state index in [0.29, 0.717) is 25.7 Å². The molecule has 6 heteroatoms. The largest absolute Gasteiger partial charge is 0.395 e. The fourth-order valence-electron chi connectivity index (χ4n) is 2.46. The zero-order chi connectivity index (χ0) is 13.5. The maximum Gasteiger partial charge on any atom is 0.225 e. The lowest BCUT2D eigenvalue weighted by Crippen LogP contribution is -2.41. The van der Waals surface area contributed by atoms with Crippen molar-refractivity contribution in [1.29, 1.82) is 0 Å². The number of aliphatic hydroxyl groups excluding tert-OH is 2. The number of hydrogen-bond acceptors (Lipinski definition) is 4. The molecule has 0 radical (unpaired) electrons. The van der Waals surface area contributed by atoms with E-state index in [0.717, 1.165) is 0 Å². The quantitative estimate of drug-likeness (QED) is 0.574. The van der Waals surface area contributed by atoms with Crippen LogP contribution in [-0.4, -0.2) is 53.2 Å². The molecule has 104 valence electrons. The molecule has 1 saturated carbocycles. The molecule has 1 fully saturated rings. The van der Waals surface area contributed by atoms with Crippen molar-refractivity contribution in [3.63, 3.8) is 0 Å². The molecule has 0 atom stereocenters. The lowest BCUT2D eigenvalue weighted by Gasteiger charge is -2.30. The molecular weight excluding hydrogens is 236 g/mol. The van der Waals surface area contributed by atoms with Gasteiger partial charge in [0.05, 0.1) is 13.2 Å². The Morgan fingerprint density at radius 2 is 1.44 bits per heavy atom. The summed E-state index contributed by atoms with van der Waals surface area (Å²) in [7, 11) is 0. The number of carbonyl (C=O) groups excluding carboxylic acids is 2. The van der Waals surface area contributed by atoms with Crippen LogP contribution in [0.4, 0.5) is 0 Å². The molecule has 1 rings (SSSR count). The van der Waals surface area contributed by atoms with Crippen LogP contribution in [0.15, 0.2) is 0 Å². The number of nitrogens with two attached hydrogens (primary N) is 1. The predicted molar refractivity (Wildman–Crippen MR) is 65.4 cm³/mol. The average molecular weight is 258 g/mol. The highest BCUT2D eigenvalue weighted by atomic mass is 16.3. The Bertz CT molecular complexity index is 282. The summed E-state index contributed by atoms with van der Waals surface area (Å²) in [6.07, 6.45) is 2.61. The third kappa shape index (κ3) is 3.96. The first kappa shape index (κ1) is 14.9. The predicted octanol–water partition coefficient (Wildman–Crippen LogP) is -0.909. The Labute approximate surface area is 107 Å². The summed E-state index contributed by atoms with van der Waals surface area (Å²) in [6.45, 7) is 0.273. The van der Waals surface area contributed by atoms with Gasteiger partial charge in [0.15, 0.2) is 0 Å². The van der Waals surface area contributed by atoms with E-state index in [1.165, 1.54) is 4.90 Å². The van der Waals surface area contributed by atoms with E-state index in [9.17, 15) is 9.59 Å². The molecule has 0 aromatic carbocycles. The number of primary amides is 1. The summed E-state index contributed by atoms with van der Waals surface area (Å²) in [5, 5.41) is 17.8. The molecule has 0 aromatic rings. The maximum absolute atomic E-state index is 12.1. The third-order valence-corrected chi connectivity index (χ3v) is 3.53. The van der Waals surface area contributed by atoms with Crippen molar-refractivity contribution in [2.24, 2.45) is 17.6 Å². The third-order valence-electron chi connectivity index (χ3n) is 3.53. The minimum absolute atomic E-state index is 0.0407. The van der Waals surface area contributed by atoms with E-state index in [1.807, 2.05) is 0 Å². The minimum Gasteiger partial charge on any atom is -0.395 e. The first-order valence-corrected chi connectivity index (χ1v) is 6.40. The first-order chi connectivity index (χ1) is 8.60. The second-order valence-electron chi connectivity index (χ2n) is 4.72. The van der Waals surface area contributed by atoms with Gasteiger partial charge in [-0.3, -0.25) is 9.59 Å². The van der Waals surface area contributed by atoms with Crippen LogP contribution in [0.5, 0.6) is 0 Å². The number of rotatable bonds is 6. The molecular formula is C12H22N2O4. The molecule has 4 N–H and O–H groups in total. The molecule has 1 aliphatic carbocycles. The molecule has 0 heterocycles. The summed E-state index contributed by atoms with van der Waals surface area (Å²) in [5.41, 5.74) is 5.24. The van der Waals surface area contributed by atoms with Crippen LogP contribution in [0.25, 0.3) is 0 Å². The molecule has 6 nitrogen and oxygen atoms in total. The number of nitrogens with zero attached hydrogens (tertiary/aromatic N) is 1. The van der Waals surface area contributed by atoms with Crippen molar-refractivity contribution in [2.75, 3.05) is 26.3 Å². The van der Waals surface area contributed by atoms with Crippen LogP contribution in [0, 0.1) is 11.8 Å². The number of aliphatic hydroxyl groups is 2. The van der Waals surface area contributed by atoms with Gasteiger partial charge >= 0.3 is 0 Å². The number of carbonyl (C=O) groups is 2. The number of hydrogen-bond donors (Lipinski definition) is 3. The maximum atomic E-state index is 12.1. The molecule has 1 aliphatic rings. The highest BCUT2D eigenvalue weighted by Crippen LogP contribution is 2.29. The molecule has 0 spiro atoms. The van der Waals surface area contributed by atoms with Gasteiger partial charge in [-0.25, -0.2) is 0 Å². The SMILES string of the molecule is NC(=O)C1CCC(C(=O)N(CCO)CCO)CC1. The molecule has 0 saturated heterocycles. The average Bonchev–Trinajstić information content (AvgIpc) is 2.38. The van der Waals surface area contributed by atoms with Gasteiger partial charge in [-0.05, 0) is 25.7 Å². The van der Waals surface area contributed by atoms with E-state index in [-0.39, 0.29) is 50.0 Å². The molecule has 0 unspecified atom stereocenters. The first-order valence-electron chi connectivity index (χ1n) is 6.40. The Balaban J connectivity index is 2.49. The van der Waals surface area contributed by atoms with Gasteiger partial charge in [0, 0.05) is 24.9 Å². The van der Waals surface area contributed by atoms with Crippen LogP contribution >= 0.6 is 0 Å². The van der Waals surface area contributed by atoms with Gasteiger partial charge in [0.25, 0.3) is 0 Å². The van der Waals surface area contributed by atoms with Gasteiger partial charge in [0.1, 0.15) is 0 Å². The molecule has 18 heavy (non-hydrogen) atoms. The van der Waals surface area contributed by atoms with Crippen LogP contribution in [0.3, 0.4) is 0 Å². The van der Waals surface area contributed by atoms with Crippen molar-refractivity contribution in [3.8, 4) is 0 Å². The van der Waals surface area contributed by atoms with Crippen molar-refractivity contribution in [2.45, 2.75) is 25.7 Å². The fourth-order valence-corrected chi connectivity index (χ4v) is 2.46. The Hall–Kier alpha value is -1.14. The summed E-state index contributed by atoms with van der Waals surface area (Å²) in [5.74, 6) is -0.554. The standard InChI is InChI=1S/C12H22N2O4/c13-11(17)9-1-3-10(4-2-9)12(18)14(5-7-15)6-8-16/h9-10,15-16H,1-8H2,(H2,13,17). The van der Waals surface area contributed by atoms with Crippen LogP contribution in [0.1, 0.15) is 25.7 Å². The van der Waals surface area contributed by atoms with Crippen LogP contribution in [-0.2, 0) is 9.59 Å². The molecule has 0 aromatic heterocycles. The zero-order valence-electron chi connectivity index (χ0n) is 10.5. The van der Waals surface area contributed by atoms with E-state index in [4.69, 9.17) is 15.9 Å². The number of amides is 2. The van der Waals surface area contributed by atoms with E-state index < -0.39 is 0 Å². The minimum atomic E-state index is -0.288. The highest BCUT2D eigenvalue weighted by molar-refractivity contribution is 5.80. The van der Waals surface area contributed by atoms with Crippen molar-refractivity contribution < 1.29 is 19.8 Å². The van der Waals surface area contributed by atoms with E-state index in [1.54, 1.807) is 0 Å².